The second-order valence-corrected chi connectivity index (χ2v) is 5.21. The van der Waals surface area contributed by atoms with E-state index in [1.54, 1.807) is 17.2 Å². The molecule has 2 heterocycles. The highest BCUT2D eigenvalue weighted by molar-refractivity contribution is 5.69. The number of anilines is 1. The fourth-order valence-electron chi connectivity index (χ4n) is 1.76. The molecule has 1 aromatic rings. The standard InChI is InChI=1S/C12H17N3O2/c1-12(2,3)17-11(16)15-6-8-4-10(13)14-5-9(8)7-15/h4-5H,6-7H2,1-3H3,(H2,13,14). The zero-order chi connectivity index (χ0) is 12.6. The van der Waals surface area contributed by atoms with Gasteiger partial charge in [0.1, 0.15) is 11.4 Å². The Balaban J connectivity index is 2.07. The smallest absolute Gasteiger partial charge is 0.410 e. The van der Waals surface area contributed by atoms with Crippen LogP contribution in [0.1, 0.15) is 31.9 Å². The van der Waals surface area contributed by atoms with Crippen molar-refractivity contribution in [2.75, 3.05) is 5.73 Å². The lowest BCUT2D eigenvalue weighted by Crippen LogP contribution is -2.33. The molecule has 1 amide bonds. The number of amides is 1. The summed E-state index contributed by atoms with van der Waals surface area (Å²) in [5, 5.41) is 0. The first-order chi connectivity index (χ1) is 7.85. The number of nitrogen functional groups attached to an aromatic ring is 1. The maximum Gasteiger partial charge on any atom is 0.410 e. The van der Waals surface area contributed by atoms with Gasteiger partial charge < -0.3 is 10.5 Å². The Bertz CT molecular complexity index is 452. The predicted octanol–water partition coefficient (Wildman–Crippen LogP) is 1.91. The van der Waals surface area contributed by atoms with Crippen LogP contribution in [-0.4, -0.2) is 21.6 Å². The van der Waals surface area contributed by atoms with Gasteiger partial charge in [-0.1, -0.05) is 0 Å². The number of fused-ring (bicyclic) bond motifs is 1. The highest BCUT2D eigenvalue weighted by Gasteiger charge is 2.27. The summed E-state index contributed by atoms with van der Waals surface area (Å²) in [6, 6.07) is 1.81. The summed E-state index contributed by atoms with van der Waals surface area (Å²) in [6.45, 7) is 6.64. The molecule has 1 aliphatic heterocycles. The number of pyridine rings is 1. The molecule has 17 heavy (non-hydrogen) atoms. The lowest BCUT2D eigenvalue weighted by Gasteiger charge is -2.24. The number of aromatic nitrogens is 1. The Morgan fingerprint density at radius 1 is 1.41 bits per heavy atom. The van der Waals surface area contributed by atoms with E-state index in [-0.39, 0.29) is 6.09 Å². The van der Waals surface area contributed by atoms with Crippen LogP contribution >= 0.6 is 0 Å². The largest absolute Gasteiger partial charge is 0.444 e. The molecule has 0 bridgehead atoms. The quantitative estimate of drug-likeness (QED) is 0.745. The van der Waals surface area contributed by atoms with Gasteiger partial charge in [-0.3, -0.25) is 4.90 Å². The summed E-state index contributed by atoms with van der Waals surface area (Å²) in [6.07, 6.45) is 1.42. The van der Waals surface area contributed by atoms with Gasteiger partial charge in [-0.2, -0.15) is 0 Å². The van der Waals surface area contributed by atoms with Gasteiger partial charge in [0.15, 0.2) is 0 Å². The van der Waals surface area contributed by atoms with Gasteiger partial charge in [-0.15, -0.1) is 0 Å². The van der Waals surface area contributed by atoms with Crippen LogP contribution in [0.5, 0.6) is 0 Å². The van der Waals surface area contributed by atoms with E-state index in [0.29, 0.717) is 18.9 Å². The summed E-state index contributed by atoms with van der Waals surface area (Å²) >= 11 is 0. The van der Waals surface area contributed by atoms with Crippen molar-refractivity contribution >= 4 is 11.9 Å². The van der Waals surface area contributed by atoms with Crippen molar-refractivity contribution in [2.24, 2.45) is 0 Å². The van der Waals surface area contributed by atoms with Gasteiger partial charge in [0.25, 0.3) is 0 Å². The molecular formula is C12H17N3O2. The van der Waals surface area contributed by atoms with Gasteiger partial charge in [0.2, 0.25) is 0 Å². The van der Waals surface area contributed by atoms with E-state index in [1.807, 2.05) is 20.8 Å². The van der Waals surface area contributed by atoms with Crippen LogP contribution in [-0.2, 0) is 17.8 Å². The molecule has 0 aliphatic carbocycles. The zero-order valence-electron chi connectivity index (χ0n) is 10.4. The average Bonchev–Trinajstić information content (AvgIpc) is 2.57. The topological polar surface area (TPSA) is 68.5 Å². The molecule has 1 aliphatic rings. The molecule has 0 saturated carbocycles. The number of nitrogens with zero attached hydrogens (tertiary/aromatic N) is 2. The third-order valence-electron chi connectivity index (χ3n) is 2.48. The van der Waals surface area contributed by atoms with Crippen molar-refractivity contribution in [1.29, 1.82) is 0 Å². The lowest BCUT2D eigenvalue weighted by atomic mass is 10.2. The first-order valence-corrected chi connectivity index (χ1v) is 5.56. The van der Waals surface area contributed by atoms with Gasteiger partial charge in [0.05, 0.1) is 6.54 Å². The number of nitrogens with two attached hydrogens (primary N) is 1. The van der Waals surface area contributed by atoms with E-state index >= 15 is 0 Å². The predicted molar refractivity (Wildman–Crippen MR) is 64.1 cm³/mol. The maximum atomic E-state index is 11.9. The molecule has 1 aromatic heterocycles. The van der Waals surface area contributed by atoms with E-state index < -0.39 is 5.60 Å². The second kappa shape index (κ2) is 3.91. The first-order valence-electron chi connectivity index (χ1n) is 5.56. The lowest BCUT2D eigenvalue weighted by molar-refractivity contribution is 0.0242. The van der Waals surface area contributed by atoms with Crippen molar-refractivity contribution in [3.8, 4) is 0 Å². The Kier molecular flexibility index (Phi) is 2.69. The van der Waals surface area contributed by atoms with E-state index in [1.165, 1.54) is 0 Å². The average molecular weight is 235 g/mol. The van der Waals surface area contributed by atoms with Crippen LogP contribution in [0, 0.1) is 0 Å². The molecule has 0 aromatic carbocycles. The van der Waals surface area contributed by atoms with Crippen molar-refractivity contribution in [3.63, 3.8) is 0 Å². The summed E-state index contributed by atoms with van der Waals surface area (Å²) < 4.78 is 5.32. The minimum absolute atomic E-state index is 0.299. The molecule has 2 N–H and O–H groups in total. The molecule has 5 heteroatoms. The summed E-state index contributed by atoms with van der Waals surface area (Å²) in [5.74, 6) is 0.481. The number of carbonyl (C=O) groups is 1. The Labute approximate surface area is 101 Å². The Morgan fingerprint density at radius 3 is 2.71 bits per heavy atom. The van der Waals surface area contributed by atoms with Crippen LogP contribution in [0.15, 0.2) is 12.3 Å². The number of hydrogen-bond acceptors (Lipinski definition) is 4. The van der Waals surface area contributed by atoms with Crippen LogP contribution < -0.4 is 5.73 Å². The molecule has 0 radical (unpaired) electrons. The molecule has 92 valence electrons. The summed E-state index contributed by atoms with van der Waals surface area (Å²) in [7, 11) is 0. The first kappa shape index (κ1) is 11.7. The van der Waals surface area contributed by atoms with Crippen LogP contribution in [0.25, 0.3) is 0 Å². The fourth-order valence-corrected chi connectivity index (χ4v) is 1.76. The highest BCUT2D eigenvalue weighted by atomic mass is 16.6. The molecule has 0 unspecified atom stereocenters. The van der Waals surface area contributed by atoms with Crippen LogP contribution in [0.3, 0.4) is 0 Å². The third kappa shape index (κ3) is 2.67. The summed E-state index contributed by atoms with van der Waals surface area (Å²) in [5.41, 5.74) is 7.22. The van der Waals surface area contributed by atoms with E-state index in [2.05, 4.69) is 4.98 Å². The van der Waals surface area contributed by atoms with Crippen LogP contribution in [0.4, 0.5) is 10.6 Å². The molecular weight excluding hydrogens is 218 g/mol. The highest BCUT2D eigenvalue weighted by Crippen LogP contribution is 2.24. The minimum Gasteiger partial charge on any atom is -0.444 e. The molecule has 0 fully saturated rings. The normalized spacial score (nSPS) is 14.6. The SMILES string of the molecule is CC(C)(C)OC(=O)N1Cc2cnc(N)cc2C1. The van der Waals surface area contributed by atoms with Gasteiger partial charge in [-0.25, -0.2) is 9.78 Å². The third-order valence-corrected chi connectivity index (χ3v) is 2.48. The Hall–Kier alpha value is -1.78. The number of carbonyl (C=O) groups excluding carboxylic acids is 1. The Morgan fingerprint density at radius 2 is 2.06 bits per heavy atom. The fraction of sp³-hybridized carbons (Fsp3) is 0.500. The van der Waals surface area contributed by atoms with Crippen molar-refractivity contribution in [2.45, 2.75) is 39.5 Å². The zero-order valence-corrected chi connectivity index (χ0v) is 10.4. The van der Waals surface area contributed by atoms with Gasteiger partial charge >= 0.3 is 6.09 Å². The van der Waals surface area contributed by atoms with Crippen molar-refractivity contribution in [3.05, 3.63) is 23.4 Å². The van der Waals surface area contributed by atoms with E-state index in [9.17, 15) is 4.79 Å². The van der Waals surface area contributed by atoms with Crippen LogP contribution in [0.2, 0.25) is 0 Å². The molecule has 0 atom stereocenters. The minimum atomic E-state index is -0.469. The van der Waals surface area contributed by atoms with Gasteiger partial charge in [0, 0.05) is 12.7 Å². The summed E-state index contributed by atoms with van der Waals surface area (Å²) in [4.78, 5) is 17.5. The maximum absolute atomic E-state index is 11.9. The second-order valence-electron chi connectivity index (χ2n) is 5.21. The van der Waals surface area contributed by atoms with E-state index in [0.717, 1.165) is 11.1 Å². The molecule has 0 saturated heterocycles. The van der Waals surface area contributed by atoms with Crippen molar-refractivity contribution < 1.29 is 9.53 Å². The van der Waals surface area contributed by atoms with Gasteiger partial charge in [-0.05, 0) is 38.0 Å². The van der Waals surface area contributed by atoms with Crippen molar-refractivity contribution in [1.82, 2.24) is 9.88 Å². The molecule has 0 spiro atoms. The number of hydrogen-bond donors (Lipinski definition) is 1. The number of rotatable bonds is 0. The molecule has 2 rings (SSSR count). The number of ether oxygens (including phenoxy) is 1. The monoisotopic (exact) mass is 235 g/mol. The van der Waals surface area contributed by atoms with E-state index in [4.69, 9.17) is 10.5 Å². The molecule has 5 nitrogen and oxygen atoms in total.